The largest absolute Gasteiger partial charge is 0.478 e. The number of rotatable bonds is 3. The predicted molar refractivity (Wildman–Crippen MR) is 79.5 cm³/mol. The van der Waals surface area contributed by atoms with E-state index in [1.165, 1.54) is 0 Å². The second-order valence-electron chi connectivity index (χ2n) is 4.73. The molecule has 112 valence electrons. The second-order valence-corrected chi connectivity index (χ2v) is 4.73. The maximum Gasteiger partial charge on any atom is 0.338 e. The minimum absolute atomic E-state index is 0.000741. The van der Waals surface area contributed by atoms with Crippen molar-refractivity contribution in [1.29, 1.82) is 0 Å². The molecule has 0 atom stereocenters. The van der Waals surface area contributed by atoms with Gasteiger partial charge in [0.2, 0.25) is 10.8 Å². The van der Waals surface area contributed by atoms with Crippen LogP contribution < -0.4 is 16.2 Å². The minimum Gasteiger partial charge on any atom is -0.478 e. The first-order valence-corrected chi connectivity index (χ1v) is 6.62. The first kappa shape index (κ1) is 13.9. The van der Waals surface area contributed by atoms with E-state index >= 15 is 0 Å². The highest BCUT2D eigenvalue weighted by atomic mass is 16.4. The van der Waals surface area contributed by atoms with Crippen molar-refractivity contribution < 1.29 is 14.3 Å². The Hall–Kier alpha value is -3.09. The maximum absolute atomic E-state index is 11.9. The molecule has 0 unspecified atom stereocenters. The zero-order valence-corrected chi connectivity index (χ0v) is 11.6. The number of carboxylic acid groups (broad SMARTS) is 1. The SMILES string of the molecule is CCNc1ccc2[nH]c3c(C(=O)O)cc(=O)c(=O)c=3oc2c1. The van der Waals surface area contributed by atoms with E-state index in [2.05, 4.69) is 10.3 Å². The van der Waals surface area contributed by atoms with E-state index < -0.39 is 16.8 Å². The van der Waals surface area contributed by atoms with Crippen LogP contribution >= 0.6 is 0 Å². The molecule has 22 heavy (non-hydrogen) atoms. The van der Waals surface area contributed by atoms with Gasteiger partial charge < -0.3 is 19.8 Å². The van der Waals surface area contributed by atoms with Crippen LogP contribution in [0.25, 0.3) is 11.1 Å². The van der Waals surface area contributed by atoms with Gasteiger partial charge in [0, 0.05) is 24.4 Å². The Morgan fingerprint density at radius 1 is 1.32 bits per heavy atom. The molecule has 0 aromatic heterocycles. The monoisotopic (exact) mass is 300 g/mol. The molecular formula is C15H12N2O5. The van der Waals surface area contributed by atoms with Gasteiger partial charge in [-0.05, 0) is 19.1 Å². The summed E-state index contributed by atoms with van der Waals surface area (Å²) in [5.74, 6) is -1.31. The molecule has 3 rings (SSSR count). The highest BCUT2D eigenvalue weighted by molar-refractivity contribution is 5.88. The third-order valence-corrected chi connectivity index (χ3v) is 3.27. The van der Waals surface area contributed by atoms with Gasteiger partial charge in [-0.2, -0.15) is 0 Å². The Balaban J connectivity index is 2.49. The predicted octanol–water partition coefficient (Wildman–Crippen LogP) is 1.34. The van der Waals surface area contributed by atoms with Gasteiger partial charge in [0.15, 0.2) is 5.58 Å². The van der Waals surface area contributed by atoms with Gasteiger partial charge >= 0.3 is 5.97 Å². The van der Waals surface area contributed by atoms with Gasteiger partial charge in [0.1, 0.15) is 5.35 Å². The lowest BCUT2D eigenvalue weighted by Gasteiger charge is -2.06. The van der Waals surface area contributed by atoms with Crippen molar-refractivity contribution in [2.45, 2.75) is 6.92 Å². The van der Waals surface area contributed by atoms with Gasteiger partial charge in [0.25, 0.3) is 5.43 Å². The standard InChI is InChI=1S/C15H12N2O5/c1-2-16-7-3-4-9-11(5-7)22-14-12(17-9)8(15(20)21)6-10(18)13(14)19/h3-6,16-17H,2H2,1H3,(H,20,21). The van der Waals surface area contributed by atoms with E-state index in [1.807, 2.05) is 6.92 Å². The number of nitrogens with one attached hydrogen (secondary N) is 2. The van der Waals surface area contributed by atoms with Crippen molar-refractivity contribution in [3.63, 3.8) is 0 Å². The van der Waals surface area contributed by atoms with E-state index in [0.29, 0.717) is 17.6 Å². The molecule has 2 aliphatic rings. The number of hydrogen-bond acceptors (Lipinski definition) is 5. The summed E-state index contributed by atoms with van der Waals surface area (Å²) in [4.78, 5) is 37.6. The van der Waals surface area contributed by atoms with Crippen molar-refractivity contribution >= 4 is 22.8 Å². The number of H-pyrrole nitrogens is 1. The van der Waals surface area contributed by atoms with E-state index in [0.717, 1.165) is 11.8 Å². The third kappa shape index (κ3) is 2.12. The molecule has 3 N–H and O–H groups in total. The van der Waals surface area contributed by atoms with Gasteiger partial charge in [0.05, 0.1) is 11.1 Å². The second kappa shape index (κ2) is 5.03. The summed E-state index contributed by atoms with van der Waals surface area (Å²) in [6.07, 6.45) is 0. The Bertz CT molecular complexity index is 1060. The van der Waals surface area contributed by atoms with Crippen LogP contribution in [0.5, 0.6) is 0 Å². The fourth-order valence-electron chi connectivity index (χ4n) is 2.28. The number of benzene rings is 1. The van der Waals surface area contributed by atoms with E-state index in [-0.39, 0.29) is 16.3 Å². The molecule has 0 saturated heterocycles. The number of anilines is 1. The van der Waals surface area contributed by atoms with E-state index in [1.54, 1.807) is 18.2 Å². The molecular weight excluding hydrogens is 288 g/mol. The van der Waals surface area contributed by atoms with Crippen LogP contribution in [0.4, 0.5) is 5.69 Å². The summed E-state index contributed by atoms with van der Waals surface area (Å²) >= 11 is 0. The summed E-state index contributed by atoms with van der Waals surface area (Å²) in [6, 6.07) is 5.98. The average molecular weight is 300 g/mol. The van der Waals surface area contributed by atoms with Crippen molar-refractivity contribution in [2.24, 2.45) is 0 Å². The van der Waals surface area contributed by atoms with Gasteiger partial charge in [-0.25, -0.2) is 4.79 Å². The molecule has 1 aliphatic heterocycles. The molecule has 1 aliphatic carbocycles. The summed E-state index contributed by atoms with van der Waals surface area (Å²) in [5.41, 5.74) is -0.696. The summed E-state index contributed by atoms with van der Waals surface area (Å²) in [6.45, 7) is 2.65. The first-order valence-electron chi connectivity index (χ1n) is 6.62. The van der Waals surface area contributed by atoms with Crippen molar-refractivity contribution in [2.75, 3.05) is 11.9 Å². The molecule has 0 spiro atoms. The lowest BCUT2D eigenvalue weighted by Crippen LogP contribution is -2.26. The Labute approximate surface area is 122 Å². The zero-order valence-electron chi connectivity index (χ0n) is 11.6. The van der Waals surface area contributed by atoms with Crippen LogP contribution in [0.1, 0.15) is 17.3 Å². The van der Waals surface area contributed by atoms with Gasteiger partial charge in [-0.3, -0.25) is 9.59 Å². The minimum atomic E-state index is -1.31. The van der Waals surface area contributed by atoms with Crippen molar-refractivity contribution in [3.05, 3.63) is 61.0 Å². The zero-order chi connectivity index (χ0) is 15.9. The highest BCUT2D eigenvalue weighted by Crippen LogP contribution is 2.18. The summed E-state index contributed by atoms with van der Waals surface area (Å²) in [7, 11) is 0. The number of aromatic nitrogens is 1. The molecule has 7 heteroatoms. The normalized spacial score (nSPS) is 11.0. The molecule has 7 nitrogen and oxygen atoms in total. The van der Waals surface area contributed by atoms with E-state index in [4.69, 9.17) is 4.42 Å². The van der Waals surface area contributed by atoms with Crippen LogP contribution in [0, 0.1) is 10.8 Å². The lowest BCUT2D eigenvalue weighted by molar-refractivity contribution is 0.0695. The number of hydrogen-bond donors (Lipinski definition) is 3. The first-order chi connectivity index (χ1) is 10.5. The number of carbonyl (C=O) groups is 1. The molecule has 0 saturated carbocycles. The smallest absolute Gasteiger partial charge is 0.338 e. The Morgan fingerprint density at radius 3 is 2.77 bits per heavy atom. The van der Waals surface area contributed by atoms with Crippen LogP contribution in [-0.2, 0) is 0 Å². The number of fused-ring (bicyclic) bond motifs is 1. The van der Waals surface area contributed by atoms with Crippen molar-refractivity contribution in [1.82, 2.24) is 4.98 Å². The summed E-state index contributed by atoms with van der Waals surface area (Å²) in [5, 5.41) is 12.3. The molecule has 0 bridgehead atoms. The number of carboxylic acids is 1. The Kier molecular flexibility index (Phi) is 3.17. The van der Waals surface area contributed by atoms with Gasteiger partial charge in [-0.15, -0.1) is 0 Å². The molecule has 0 fully saturated rings. The molecule has 0 amide bonds. The molecule has 1 aromatic carbocycles. The van der Waals surface area contributed by atoms with Crippen LogP contribution in [0.15, 0.2) is 38.3 Å². The van der Waals surface area contributed by atoms with Crippen molar-refractivity contribution in [3.8, 4) is 0 Å². The molecule has 1 heterocycles. The topological polar surface area (TPSA) is 112 Å². The number of aromatic carboxylic acids is 1. The Morgan fingerprint density at radius 2 is 2.09 bits per heavy atom. The highest BCUT2D eigenvalue weighted by Gasteiger charge is 2.14. The lowest BCUT2D eigenvalue weighted by atomic mass is 10.2. The third-order valence-electron chi connectivity index (χ3n) is 3.27. The average Bonchev–Trinajstić information content (AvgIpc) is 2.49. The van der Waals surface area contributed by atoms with Crippen LogP contribution in [-0.4, -0.2) is 22.6 Å². The molecule has 0 radical (unpaired) electrons. The molecule has 1 aromatic rings. The fourth-order valence-corrected chi connectivity index (χ4v) is 2.28. The van der Waals surface area contributed by atoms with E-state index in [9.17, 15) is 19.5 Å². The van der Waals surface area contributed by atoms with Crippen LogP contribution in [0.2, 0.25) is 0 Å². The fraction of sp³-hybridized carbons (Fsp3) is 0.133. The summed E-state index contributed by atoms with van der Waals surface area (Å²) < 4.78 is 5.49. The van der Waals surface area contributed by atoms with Crippen LogP contribution in [0.3, 0.4) is 0 Å². The number of aromatic amines is 1. The maximum atomic E-state index is 11.9. The quantitative estimate of drug-likeness (QED) is 0.629. The van der Waals surface area contributed by atoms with Gasteiger partial charge in [-0.1, -0.05) is 0 Å².